The van der Waals surface area contributed by atoms with Crippen molar-refractivity contribution in [3.8, 4) is 0 Å². The summed E-state index contributed by atoms with van der Waals surface area (Å²) in [5.74, 6) is -0.327. The molecule has 4 rings (SSSR count). The predicted octanol–water partition coefficient (Wildman–Crippen LogP) is 5.86. The van der Waals surface area contributed by atoms with Gasteiger partial charge in [0.2, 0.25) is 10.0 Å². The van der Waals surface area contributed by atoms with Gasteiger partial charge in [-0.05, 0) is 61.0 Å². The van der Waals surface area contributed by atoms with E-state index in [0.717, 1.165) is 15.8 Å². The van der Waals surface area contributed by atoms with Gasteiger partial charge >= 0.3 is 0 Å². The number of anilines is 1. The number of pyridine rings is 1. The number of benzene rings is 2. The SMILES string of the molecule is C=CCN(CC=C)S(=O)(=O)c1ccc(C(=O)N(Cc2ccccn2)c2nc3c(C)cc(Cl)cc3s2)cc1. The van der Waals surface area contributed by atoms with Crippen LogP contribution >= 0.6 is 22.9 Å². The van der Waals surface area contributed by atoms with Crippen molar-refractivity contribution in [3.05, 3.63) is 108 Å². The molecular weight excluding hydrogens is 528 g/mol. The van der Waals surface area contributed by atoms with Crippen LogP contribution in [0, 0.1) is 6.92 Å². The van der Waals surface area contributed by atoms with Crippen molar-refractivity contribution in [3.63, 3.8) is 0 Å². The molecule has 0 atom stereocenters. The van der Waals surface area contributed by atoms with E-state index >= 15 is 0 Å². The number of halogens is 1. The number of hydrogen-bond acceptors (Lipinski definition) is 6. The van der Waals surface area contributed by atoms with Crippen LogP contribution in [-0.4, -0.2) is 41.7 Å². The van der Waals surface area contributed by atoms with Gasteiger partial charge in [-0.2, -0.15) is 4.31 Å². The standard InChI is InChI=1S/C27H25ClN4O3S2/c1-4-14-31(15-5-2)37(34,35)23-11-9-20(10-12-23)26(33)32(18-22-8-6-7-13-29-22)27-30-25-19(3)16-21(28)17-24(25)36-27/h4-13,16-17H,1-2,14-15,18H2,3H3. The average molecular weight is 553 g/mol. The third kappa shape index (κ3) is 5.80. The first kappa shape index (κ1) is 26.7. The van der Waals surface area contributed by atoms with Gasteiger partial charge in [-0.1, -0.05) is 41.2 Å². The molecular formula is C27H25ClN4O3S2. The summed E-state index contributed by atoms with van der Waals surface area (Å²) in [4.78, 5) is 24.5. The molecule has 0 aliphatic heterocycles. The number of nitrogens with zero attached hydrogens (tertiary/aromatic N) is 4. The normalized spacial score (nSPS) is 11.5. The van der Waals surface area contributed by atoms with Gasteiger partial charge in [-0.25, -0.2) is 13.4 Å². The largest absolute Gasteiger partial charge is 0.278 e. The number of thiazole rings is 1. The van der Waals surface area contributed by atoms with Crippen LogP contribution in [0.5, 0.6) is 0 Å². The number of carbonyl (C=O) groups excluding carboxylic acids is 1. The zero-order chi connectivity index (χ0) is 26.6. The maximum atomic E-state index is 13.7. The molecule has 0 fully saturated rings. The minimum atomic E-state index is -3.78. The highest BCUT2D eigenvalue weighted by atomic mass is 35.5. The molecule has 2 aromatic carbocycles. The first-order valence-corrected chi connectivity index (χ1v) is 14.0. The van der Waals surface area contributed by atoms with Crippen LogP contribution < -0.4 is 4.90 Å². The molecule has 0 N–H and O–H groups in total. The van der Waals surface area contributed by atoms with Crippen molar-refractivity contribution in [1.29, 1.82) is 0 Å². The highest BCUT2D eigenvalue weighted by Gasteiger charge is 2.25. The summed E-state index contributed by atoms with van der Waals surface area (Å²) < 4.78 is 28.2. The maximum Gasteiger partial charge on any atom is 0.260 e. The Morgan fingerprint density at radius 2 is 1.78 bits per heavy atom. The summed E-state index contributed by atoms with van der Waals surface area (Å²) in [5, 5.41) is 1.09. The van der Waals surface area contributed by atoms with Crippen molar-refractivity contribution in [2.75, 3.05) is 18.0 Å². The van der Waals surface area contributed by atoms with Gasteiger partial charge in [0.1, 0.15) is 0 Å². The predicted molar refractivity (Wildman–Crippen MR) is 150 cm³/mol. The zero-order valence-corrected chi connectivity index (χ0v) is 22.6. The second-order valence-electron chi connectivity index (χ2n) is 8.20. The van der Waals surface area contributed by atoms with Gasteiger partial charge in [-0.3, -0.25) is 14.7 Å². The Balaban J connectivity index is 1.71. The van der Waals surface area contributed by atoms with E-state index in [4.69, 9.17) is 16.6 Å². The monoisotopic (exact) mass is 552 g/mol. The molecule has 0 aliphatic rings. The molecule has 37 heavy (non-hydrogen) atoms. The molecule has 1 amide bonds. The number of sulfonamides is 1. The average Bonchev–Trinajstić information content (AvgIpc) is 3.31. The number of amides is 1. The second-order valence-corrected chi connectivity index (χ2v) is 11.6. The summed E-state index contributed by atoms with van der Waals surface area (Å²) in [6.07, 6.45) is 4.70. The molecule has 0 aliphatic carbocycles. The number of aromatic nitrogens is 2. The van der Waals surface area contributed by atoms with Gasteiger partial charge in [0.15, 0.2) is 5.13 Å². The number of hydrogen-bond donors (Lipinski definition) is 0. The summed E-state index contributed by atoms with van der Waals surface area (Å²) >= 11 is 7.60. The highest BCUT2D eigenvalue weighted by molar-refractivity contribution is 7.89. The Kier molecular flexibility index (Phi) is 8.19. The number of rotatable bonds is 10. The molecule has 7 nitrogen and oxygen atoms in total. The molecule has 2 aromatic heterocycles. The molecule has 0 saturated carbocycles. The molecule has 0 bridgehead atoms. The lowest BCUT2D eigenvalue weighted by atomic mass is 10.2. The lowest BCUT2D eigenvalue weighted by Crippen LogP contribution is -2.32. The van der Waals surface area contributed by atoms with Crippen LogP contribution in [-0.2, 0) is 16.6 Å². The molecule has 0 radical (unpaired) electrons. The molecule has 10 heteroatoms. The van der Waals surface area contributed by atoms with E-state index in [1.165, 1.54) is 52.1 Å². The first-order chi connectivity index (χ1) is 17.7. The Morgan fingerprint density at radius 3 is 2.41 bits per heavy atom. The van der Waals surface area contributed by atoms with Crippen LogP contribution in [0.4, 0.5) is 5.13 Å². The van der Waals surface area contributed by atoms with E-state index in [-0.39, 0.29) is 30.4 Å². The Bertz CT molecular complexity index is 1540. The lowest BCUT2D eigenvalue weighted by Gasteiger charge is -2.21. The second kappa shape index (κ2) is 11.4. The van der Waals surface area contributed by atoms with E-state index in [1.807, 2.05) is 31.2 Å². The lowest BCUT2D eigenvalue weighted by molar-refractivity contribution is 0.0984. The van der Waals surface area contributed by atoms with Gasteiger partial charge in [-0.15, -0.1) is 13.2 Å². The molecule has 0 spiro atoms. The Labute approximate surface area is 225 Å². The van der Waals surface area contributed by atoms with Crippen LogP contribution in [0.1, 0.15) is 21.6 Å². The molecule has 4 aromatic rings. The van der Waals surface area contributed by atoms with Crippen LogP contribution in [0.15, 0.2) is 91.0 Å². The van der Waals surface area contributed by atoms with Crippen molar-refractivity contribution >= 4 is 54.2 Å². The summed E-state index contributed by atoms with van der Waals surface area (Å²) in [6, 6.07) is 15.0. The quantitative estimate of drug-likeness (QED) is 0.230. The summed E-state index contributed by atoms with van der Waals surface area (Å²) in [7, 11) is -3.78. The van der Waals surface area contributed by atoms with E-state index < -0.39 is 10.0 Å². The van der Waals surface area contributed by atoms with Crippen molar-refractivity contribution in [2.45, 2.75) is 18.4 Å². The van der Waals surface area contributed by atoms with Crippen LogP contribution in [0.2, 0.25) is 5.02 Å². The fraction of sp³-hybridized carbons (Fsp3) is 0.148. The highest BCUT2D eigenvalue weighted by Crippen LogP contribution is 2.34. The molecule has 0 saturated heterocycles. The zero-order valence-electron chi connectivity index (χ0n) is 20.2. The van der Waals surface area contributed by atoms with Gasteiger partial charge in [0.25, 0.3) is 5.91 Å². The number of fused-ring (bicyclic) bond motifs is 1. The molecule has 190 valence electrons. The molecule has 0 unspecified atom stereocenters. The number of carbonyl (C=O) groups is 1. The summed E-state index contributed by atoms with van der Waals surface area (Å²) in [6.45, 7) is 9.66. The van der Waals surface area contributed by atoms with Crippen molar-refractivity contribution < 1.29 is 13.2 Å². The van der Waals surface area contributed by atoms with Gasteiger partial charge in [0, 0.05) is 29.9 Å². The van der Waals surface area contributed by atoms with E-state index in [2.05, 4.69) is 18.1 Å². The maximum absolute atomic E-state index is 13.7. The van der Waals surface area contributed by atoms with Crippen molar-refractivity contribution in [1.82, 2.24) is 14.3 Å². The van der Waals surface area contributed by atoms with E-state index in [1.54, 1.807) is 17.2 Å². The van der Waals surface area contributed by atoms with Crippen LogP contribution in [0.25, 0.3) is 10.2 Å². The Morgan fingerprint density at radius 1 is 1.08 bits per heavy atom. The van der Waals surface area contributed by atoms with Gasteiger partial charge in [0.05, 0.1) is 27.4 Å². The minimum absolute atomic E-state index is 0.0780. The first-order valence-electron chi connectivity index (χ1n) is 11.3. The minimum Gasteiger partial charge on any atom is -0.278 e. The Hall–Kier alpha value is -3.37. The third-order valence-corrected chi connectivity index (χ3v) is 8.66. The fourth-order valence-corrected chi connectivity index (χ4v) is 6.57. The smallest absolute Gasteiger partial charge is 0.260 e. The van der Waals surface area contributed by atoms with E-state index in [9.17, 15) is 13.2 Å². The van der Waals surface area contributed by atoms with Crippen molar-refractivity contribution in [2.24, 2.45) is 0 Å². The van der Waals surface area contributed by atoms with Crippen LogP contribution in [0.3, 0.4) is 0 Å². The topological polar surface area (TPSA) is 83.5 Å². The third-order valence-electron chi connectivity index (χ3n) is 5.57. The number of aryl methyl sites for hydroxylation is 1. The van der Waals surface area contributed by atoms with Gasteiger partial charge < -0.3 is 0 Å². The van der Waals surface area contributed by atoms with E-state index in [0.29, 0.717) is 21.4 Å². The molecule has 2 heterocycles. The fourth-order valence-electron chi connectivity index (χ4n) is 3.77. The summed E-state index contributed by atoms with van der Waals surface area (Å²) in [5.41, 5.74) is 2.69.